The molecule has 1 saturated carbocycles. The normalized spacial score (nSPS) is 25.3. The number of ether oxygens (including phenoxy) is 2. The maximum atomic E-state index is 12.1. The van der Waals surface area contributed by atoms with Gasteiger partial charge in [0.1, 0.15) is 5.60 Å². The minimum Gasteiger partial charge on any atom is -0.483 e. The van der Waals surface area contributed by atoms with Gasteiger partial charge in [0.15, 0.2) is 18.1 Å². The molecular formula is C18H25NO4. The van der Waals surface area contributed by atoms with Crippen molar-refractivity contribution >= 4 is 5.91 Å². The van der Waals surface area contributed by atoms with Gasteiger partial charge in [0.05, 0.1) is 6.10 Å². The number of hydrogen-bond acceptors (Lipinski definition) is 4. The standard InChI is InChI=1S/C18H25NO4/c1-18(2)10-12-4-3-5-15(17(12)23-18)22-11-16(21)19-13-6-8-14(20)9-7-13/h3-5,13-14,20H,6-11H2,1-2H3,(H,19,21). The van der Waals surface area contributed by atoms with E-state index in [-0.39, 0.29) is 30.3 Å². The fourth-order valence-electron chi connectivity index (χ4n) is 3.33. The molecule has 0 unspecified atom stereocenters. The monoisotopic (exact) mass is 319 g/mol. The van der Waals surface area contributed by atoms with Crippen molar-refractivity contribution in [3.8, 4) is 11.5 Å². The van der Waals surface area contributed by atoms with Crippen LogP contribution in [0.2, 0.25) is 0 Å². The molecule has 0 atom stereocenters. The number of carbonyl (C=O) groups is 1. The molecule has 1 fully saturated rings. The van der Waals surface area contributed by atoms with Crippen molar-refractivity contribution in [2.24, 2.45) is 0 Å². The van der Waals surface area contributed by atoms with Gasteiger partial charge in [0.2, 0.25) is 0 Å². The predicted octanol–water partition coefficient (Wildman–Crippen LogP) is 2.20. The number of nitrogens with one attached hydrogen (secondary N) is 1. The highest BCUT2D eigenvalue weighted by atomic mass is 16.5. The largest absolute Gasteiger partial charge is 0.483 e. The lowest BCUT2D eigenvalue weighted by molar-refractivity contribution is -0.124. The van der Waals surface area contributed by atoms with Crippen LogP contribution in [0.15, 0.2) is 18.2 Å². The van der Waals surface area contributed by atoms with Crippen LogP contribution in [0.5, 0.6) is 11.5 Å². The van der Waals surface area contributed by atoms with E-state index in [2.05, 4.69) is 5.32 Å². The zero-order chi connectivity index (χ0) is 16.4. The molecule has 5 nitrogen and oxygen atoms in total. The molecule has 0 saturated heterocycles. The maximum Gasteiger partial charge on any atom is 0.258 e. The third-order valence-electron chi connectivity index (χ3n) is 4.48. The molecule has 1 amide bonds. The molecule has 0 radical (unpaired) electrons. The van der Waals surface area contributed by atoms with Crippen LogP contribution in [0.1, 0.15) is 45.1 Å². The Morgan fingerprint density at radius 1 is 1.35 bits per heavy atom. The number of hydrogen-bond donors (Lipinski definition) is 2. The summed E-state index contributed by atoms with van der Waals surface area (Å²) in [5.74, 6) is 1.26. The quantitative estimate of drug-likeness (QED) is 0.893. The van der Waals surface area contributed by atoms with Gasteiger partial charge in [0, 0.05) is 18.0 Å². The average Bonchev–Trinajstić information content (AvgIpc) is 2.82. The van der Waals surface area contributed by atoms with Crippen molar-refractivity contribution in [1.29, 1.82) is 0 Å². The molecule has 0 spiro atoms. The van der Waals surface area contributed by atoms with E-state index in [1.807, 2.05) is 32.0 Å². The maximum absolute atomic E-state index is 12.1. The zero-order valence-electron chi connectivity index (χ0n) is 13.8. The van der Waals surface area contributed by atoms with Crippen LogP contribution in [0, 0.1) is 0 Å². The first-order valence-electron chi connectivity index (χ1n) is 8.34. The second-order valence-electron chi connectivity index (χ2n) is 7.14. The van der Waals surface area contributed by atoms with Gasteiger partial charge in [0.25, 0.3) is 5.91 Å². The average molecular weight is 319 g/mol. The summed E-state index contributed by atoms with van der Waals surface area (Å²) in [6.45, 7) is 4.07. The highest BCUT2D eigenvalue weighted by Crippen LogP contribution is 2.41. The summed E-state index contributed by atoms with van der Waals surface area (Å²) in [7, 11) is 0. The Bertz CT molecular complexity index is 576. The molecule has 126 valence electrons. The van der Waals surface area contributed by atoms with Crippen LogP contribution in [0.3, 0.4) is 0 Å². The van der Waals surface area contributed by atoms with E-state index in [0.29, 0.717) is 5.75 Å². The van der Waals surface area contributed by atoms with Crippen LogP contribution >= 0.6 is 0 Å². The van der Waals surface area contributed by atoms with Gasteiger partial charge in [-0.05, 0) is 45.6 Å². The summed E-state index contributed by atoms with van der Waals surface area (Å²) < 4.78 is 11.6. The van der Waals surface area contributed by atoms with Crippen LogP contribution < -0.4 is 14.8 Å². The van der Waals surface area contributed by atoms with Crippen molar-refractivity contribution in [2.75, 3.05) is 6.61 Å². The number of rotatable bonds is 4. The Balaban J connectivity index is 1.53. The van der Waals surface area contributed by atoms with E-state index in [1.165, 1.54) is 0 Å². The molecule has 1 aromatic carbocycles. The van der Waals surface area contributed by atoms with Crippen molar-refractivity contribution in [2.45, 2.75) is 63.7 Å². The molecule has 0 aromatic heterocycles. The number of benzene rings is 1. The molecule has 2 N–H and O–H groups in total. The fraction of sp³-hybridized carbons (Fsp3) is 0.611. The Morgan fingerprint density at radius 3 is 2.83 bits per heavy atom. The summed E-state index contributed by atoms with van der Waals surface area (Å²) >= 11 is 0. The van der Waals surface area contributed by atoms with Crippen molar-refractivity contribution in [3.63, 3.8) is 0 Å². The van der Waals surface area contributed by atoms with E-state index in [0.717, 1.165) is 43.4 Å². The molecule has 1 heterocycles. The first-order chi connectivity index (χ1) is 10.9. The molecule has 1 aromatic rings. The lowest BCUT2D eigenvalue weighted by Gasteiger charge is -2.26. The fourth-order valence-corrected chi connectivity index (χ4v) is 3.33. The summed E-state index contributed by atoms with van der Waals surface area (Å²) in [6.07, 6.45) is 3.78. The smallest absolute Gasteiger partial charge is 0.258 e. The first kappa shape index (κ1) is 16.1. The van der Waals surface area contributed by atoms with Crippen LogP contribution in [0.4, 0.5) is 0 Å². The van der Waals surface area contributed by atoms with Gasteiger partial charge >= 0.3 is 0 Å². The summed E-state index contributed by atoms with van der Waals surface area (Å²) in [5, 5.41) is 12.5. The molecule has 1 aliphatic carbocycles. The van der Waals surface area contributed by atoms with Gasteiger partial charge < -0.3 is 19.9 Å². The second kappa shape index (κ2) is 6.40. The Kier molecular flexibility index (Phi) is 4.48. The highest BCUT2D eigenvalue weighted by Gasteiger charge is 2.32. The van der Waals surface area contributed by atoms with Crippen molar-refractivity contribution < 1.29 is 19.4 Å². The summed E-state index contributed by atoms with van der Waals surface area (Å²) in [5.41, 5.74) is 0.890. The van der Waals surface area contributed by atoms with E-state index in [1.54, 1.807) is 0 Å². The first-order valence-corrected chi connectivity index (χ1v) is 8.34. The SMILES string of the molecule is CC1(C)Cc2cccc(OCC(=O)NC3CCC(O)CC3)c2O1. The second-order valence-corrected chi connectivity index (χ2v) is 7.14. The van der Waals surface area contributed by atoms with Crippen molar-refractivity contribution in [1.82, 2.24) is 5.32 Å². The third-order valence-corrected chi connectivity index (χ3v) is 4.48. The number of carbonyl (C=O) groups excluding carboxylic acids is 1. The Hall–Kier alpha value is -1.75. The number of aliphatic hydroxyl groups excluding tert-OH is 1. The lowest BCUT2D eigenvalue weighted by Crippen LogP contribution is -2.40. The minimum atomic E-state index is -0.229. The Labute approximate surface area is 137 Å². The molecule has 3 rings (SSSR count). The topological polar surface area (TPSA) is 67.8 Å². The number of amides is 1. The van der Waals surface area contributed by atoms with Crippen LogP contribution in [-0.2, 0) is 11.2 Å². The minimum absolute atomic E-state index is 0.0146. The van der Waals surface area contributed by atoms with Gasteiger partial charge in [-0.3, -0.25) is 4.79 Å². The van der Waals surface area contributed by atoms with Crippen LogP contribution in [-0.4, -0.2) is 35.4 Å². The highest BCUT2D eigenvalue weighted by molar-refractivity contribution is 5.78. The summed E-state index contributed by atoms with van der Waals surface area (Å²) in [6, 6.07) is 5.94. The third kappa shape index (κ3) is 3.96. The van der Waals surface area contributed by atoms with Gasteiger partial charge in [-0.2, -0.15) is 0 Å². The van der Waals surface area contributed by atoms with E-state index < -0.39 is 0 Å². The number of para-hydroxylation sites is 1. The summed E-state index contributed by atoms with van der Waals surface area (Å²) in [4.78, 5) is 12.1. The molecule has 2 aliphatic rings. The Morgan fingerprint density at radius 2 is 2.09 bits per heavy atom. The van der Waals surface area contributed by atoms with Gasteiger partial charge in [-0.1, -0.05) is 12.1 Å². The predicted molar refractivity (Wildman–Crippen MR) is 86.8 cm³/mol. The van der Waals surface area contributed by atoms with E-state index in [9.17, 15) is 9.90 Å². The lowest BCUT2D eigenvalue weighted by atomic mass is 9.93. The number of fused-ring (bicyclic) bond motifs is 1. The molecular weight excluding hydrogens is 294 g/mol. The molecule has 5 heteroatoms. The van der Waals surface area contributed by atoms with Gasteiger partial charge in [-0.25, -0.2) is 0 Å². The molecule has 0 bridgehead atoms. The van der Waals surface area contributed by atoms with Crippen molar-refractivity contribution in [3.05, 3.63) is 23.8 Å². The van der Waals surface area contributed by atoms with Crippen LogP contribution in [0.25, 0.3) is 0 Å². The molecule has 23 heavy (non-hydrogen) atoms. The van der Waals surface area contributed by atoms with E-state index >= 15 is 0 Å². The van der Waals surface area contributed by atoms with Gasteiger partial charge in [-0.15, -0.1) is 0 Å². The molecule has 1 aliphatic heterocycles. The zero-order valence-corrected chi connectivity index (χ0v) is 13.8. The number of aliphatic hydroxyl groups is 1. The van der Waals surface area contributed by atoms with E-state index in [4.69, 9.17) is 9.47 Å².